The summed E-state index contributed by atoms with van der Waals surface area (Å²) in [6, 6.07) is 0. The van der Waals surface area contributed by atoms with Crippen LogP contribution in [0.15, 0.2) is 0 Å². The second kappa shape index (κ2) is 6.91. The normalized spacial score (nSPS) is 23.5. The summed E-state index contributed by atoms with van der Waals surface area (Å²) in [5, 5.41) is 12.5. The Morgan fingerprint density at radius 1 is 1.05 bits per heavy atom. The average Bonchev–Trinajstić information content (AvgIpc) is 2.92. The highest BCUT2D eigenvalue weighted by molar-refractivity contribution is 5.03. The Labute approximate surface area is 128 Å². The topological polar surface area (TPSA) is 42.7 Å². The Morgan fingerprint density at radius 3 is 2.57 bits per heavy atom. The van der Waals surface area contributed by atoms with E-state index in [1.54, 1.807) is 0 Å². The standard InChI is InChI=1S/C17H30N4/c1-13(2)17-20-19-16-9-8-15(12-21(16)17)11-18-10-14-6-4-3-5-7-14/h13-15,18H,3-12H2,1-2H3/t15-/m0/s1. The second-order valence-electron chi connectivity index (χ2n) is 7.31. The van der Waals surface area contributed by atoms with Crippen LogP contribution in [0.1, 0.15) is 69.9 Å². The fourth-order valence-corrected chi connectivity index (χ4v) is 3.89. The van der Waals surface area contributed by atoms with E-state index in [0.717, 1.165) is 31.3 Å². The van der Waals surface area contributed by atoms with E-state index < -0.39 is 0 Å². The highest BCUT2D eigenvalue weighted by Crippen LogP contribution is 2.24. The number of hydrogen-bond donors (Lipinski definition) is 1. The molecule has 2 heterocycles. The van der Waals surface area contributed by atoms with E-state index in [9.17, 15) is 0 Å². The van der Waals surface area contributed by atoms with Crippen molar-refractivity contribution in [3.8, 4) is 0 Å². The molecule has 0 aromatic carbocycles. The lowest BCUT2D eigenvalue weighted by molar-refractivity contribution is 0.304. The first-order chi connectivity index (χ1) is 10.2. The number of rotatable bonds is 5. The monoisotopic (exact) mass is 290 g/mol. The first-order valence-corrected chi connectivity index (χ1v) is 8.86. The highest BCUT2D eigenvalue weighted by atomic mass is 15.3. The number of hydrogen-bond acceptors (Lipinski definition) is 3. The molecule has 2 aliphatic rings. The molecular formula is C17H30N4. The maximum Gasteiger partial charge on any atom is 0.135 e. The van der Waals surface area contributed by atoms with Gasteiger partial charge >= 0.3 is 0 Å². The van der Waals surface area contributed by atoms with Gasteiger partial charge in [0.1, 0.15) is 11.6 Å². The van der Waals surface area contributed by atoms with Gasteiger partial charge in [-0.15, -0.1) is 10.2 Å². The summed E-state index contributed by atoms with van der Waals surface area (Å²) in [6.45, 7) is 7.91. The van der Waals surface area contributed by atoms with Crippen LogP contribution in [0.4, 0.5) is 0 Å². The summed E-state index contributed by atoms with van der Waals surface area (Å²) in [5.41, 5.74) is 0. The van der Waals surface area contributed by atoms with Gasteiger partial charge in [-0.2, -0.15) is 0 Å². The fourth-order valence-electron chi connectivity index (χ4n) is 3.89. The van der Waals surface area contributed by atoms with Crippen molar-refractivity contribution in [3.63, 3.8) is 0 Å². The van der Waals surface area contributed by atoms with Gasteiger partial charge in [-0.1, -0.05) is 33.1 Å². The first kappa shape index (κ1) is 15.0. The van der Waals surface area contributed by atoms with Gasteiger partial charge in [0.05, 0.1) is 0 Å². The van der Waals surface area contributed by atoms with Gasteiger partial charge in [-0.3, -0.25) is 0 Å². The van der Waals surface area contributed by atoms with Crippen LogP contribution in [-0.4, -0.2) is 27.9 Å². The van der Waals surface area contributed by atoms with E-state index in [2.05, 4.69) is 33.9 Å². The van der Waals surface area contributed by atoms with Crippen molar-refractivity contribution in [1.82, 2.24) is 20.1 Å². The molecule has 0 bridgehead atoms. The van der Waals surface area contributed by atoms with Crippen molar-refractivity contribution in [1.29, 1.82) is 0 Å². The molecule has 4 heteroatoms. The first-order valence-electron chi connectivity index (χ1n) is 8.86. The molecule has 21 heavy (non-hydrogen) atoms. The van der Waals surface area contributed by atoms with Crippen molar-refractivity contribution in [2.75, 3.05) is 13.1 Å². The number of aryl methyl sites for hydroxylation is 1. The molecule has 1 saturated carbocycles. The summed E-state index contributed by atoms with van der Waals surface area (Å²) in [4.78, 5) is 0. The van der Waals surface area contributed by atoms with E-state index in [0.29, 0.717) is 5.92 Å². The predicted octanol–water partition coefficient (Wildman–Crippen LogP) is 3.13. The van der Waals surface area contributed by atoms with Gasteiger partial charge in [-0.25, -0.2) is 0 Å². The van der Waals surface area contributed by atoms with Crippen molar-refractivity contribution in [2.24, 2.45) is 11.8 Å². The Hall–Kier alpha value is -0.900. The van der Waals surface area contributed by atoms with Gasteiger partial charge in [-0.05, 0) is 44.2 Å². The molecule has 1 aromatic heterocycles. The molecule has 0 spiro atoms. The summed E-state index contributed by atoms with van der Waals surface area (Å²) < 4.78 is 2.38. The molecule has 1 atom stereocenters. The lowest BCUT2D eigenvalue weighted by Crippen LogP contribution is -2.33. The molecule has 0 unspecified atom stereocenters. The van der Waals surface area contributed by atoms with Crippen LogP contribution in [0.2, 0.25) is 0 Å². The highest BCUT2D eigenvalue weighted by Gasteiger charge is 2.24. The Balaban J connectivity index is 1.48. The quantitative estimate of drug-likeness (QED) is 0.906. The van der Waals surface area contributed by atoms with Crippen molar-refractivity contribution < 1.29 is 0 Å². The van der Waals surface area contributed by atoms with Gasteiger partial charge in [0.2, 0.25) is 0 Å². The third-order valence-corrected chi connectivity index (χ3v) is 5.18. The SMILES string of the molecule is CC(C)c1nnc2n1C[C@H](CNCC1CCCCC1)CC2. The van der Waals surface area contributed by atoms with E-state index >= 15 is 0 Å². The molecule has 0 radical (unpaired) electrons. The number of nitrogens with one attached hydrogen (secondary N) is 1. The molecule has 1 aliphatic carbocycles. The van der Waals surface area contributed by atoms with Crippen molar-refractivity contribution in [2.45, 2.75) is 71.3 Å². The third-order valence-electron chi connectivity index (χ3n) is 5.18. The van der Waals surface area contributed by atoms with Crippen LogP contribution in [0, 0.1) is 11.8 Å². The molecule has 4 nitrogen and oxygen atoms in total. The molecule has 1 fully saturated rings. The van der Waals surface area contributed by atoms with E-state index in [1.807, 2.05) is 0 Å². The van der Waals surface area contributed by atoms with Gasteiger partial charge in [0, 0.05) is 18.9 Å². The number of aromatic nitrogens is 3. The minimum atomic E-state index is 0.472. The summed E-state index contributed by atoms with van der Waals surface area (Å²) in [6.07, 6.45) is 9.56. The fraction of sp³-hybridized carbons (Fsp3) is 0.882. The van der Waals surface area contributed by atoms with Crippen LogP contribution in [-0.2, 0) is 13.0 Å². The molecule has 1 aromatic rings. The summed E-state index contributed by atoms with van der Waals surface area (Å²) in [5.74, 6) is 4.51. The van der Waals surface area contributed by atoms with Gasteiger partial charge in [0.15, 0.2) is 0 Å². The zero-order chi connectivity index (χ0) is 14.7. The smallest absolute Gasteiger partial charge is 0.135 e. The van der Waals surface area contributed by atoms with Crippen molar-refractivity contribution in [3.05, 3.63) is 11.6 Å². The van der Waals surface area contributed by atoms with Gasteiger partial charge < -0.3 is 9.88 Å². The van der Waals surface area contributed by atoms with Crippen LogP contribution in [0.5, 0.6) is 0 Å². The minimum Gasteiger partial charge on any atom is -0.316 e. The molecule has 3 rings (SSSR count). The number of nitrogens with zero attached hydrogens (tertiary/aromatic N) is 3. The predicted molar refractivity (Wildman–Crippen MR) is 85.4 cm³/mol. The molecule has 1 aliphatic heterocycles. The van der Waals surface area contributed by atoms with Crippen molar-refractivity contribution >= 4 is 0 Å². The minimum absolute atomic E-state index is 0.472. The molecule has 118 valence electrons. The molecule has 0 saturated heterocycles. The summed E-state index contributed by atoms with van der Waals surface area (Å²) >= 11 is 0. The van der Waals surface area contributed by atoms with E-state index in [1.165, 1.54) is 56.7 Å². The maximum atomic E-state index is 4.38. The molecule has 1 N–H and O–H groups in total. The zero-order valence-corrected chi connectivity index (χ0v) is 13.6. The van der Waals surface area contributed by atoms with Crippen LogP contribution in [0.3, 0.4) is 0 Å². The lowest BCUT2D eigenvalue weighted by Gasteiger charge is -2.27. The second-order valence-corrected chi connectivity index (χ2v) is 7.31. The van der Waals surface area contributed by atoms with Gasteiger partial charge in [0.25, 0.3) is 0 Å². The van der Waals surface area contributed by atoms with E-state index in [-0.39, 0.29) is 0 Å². The number of fused-ring (bicyclic) bond motifs is 1. The average molecular weight is 290 g/mol. The van der Waals surface area contributed by atoms with Crippen LogP contribution < -0.4 is 5.32 Å². The maximum absolute atomic E-state index is 4.38. The van der Waals surface area contributed by atoms with Crippen LogP contribution >= 0.6 is 0 Å². The Bertz CT molecular complexity index is 446. The lowest BCUT2D eigenvalue weighted by atomic mass is 9.89. The molecule has 0 amide bonds. The molecular weight excluding hydrogens is 260 g/mol. The Kier molecular flexibility index (Phi) is 4.94. The van der Waals surface area contributed by atoms with Crippen LogP contribution in [0.25, 0.3) is 0 Å². The Morgan fingerprint density at radius 2 is 1.81 bits per heavy atom. The largest absolute Gasteiger partial charge is 0.316 e. The van der Waals surface area contributed by atoms with E-state index in [4.69, 9.17) is 0 Å². The third kappa shape index (κ3) is 3.65. The summed E-state index contributed by atoms with van der Waals surface area (Å²) in [7, 11) is 0. The zero-order valence-electron chi connectivity index (χ0n) is 13.6.